The SMILES string of the molecule is CC(C)(C)[Si]1(c2ccccc2)C(c2ccc3ccccc3n2)=C(c2ccccc2)C(c2ccccc2)=C1c1ccc2ccccc2n1. The predicted octanol–water partition coefficient (Wildman–Crippen LogP) is 10.6. The third kappa shape index (κ3) is 4.69. The Morgan fingerprint density at radius 3 is 1.21 bits per heavy atom. The lowest BCUT2D eigenvalue weighted by Crippen LogP contribution is -2.56. The van der Waals surface area contributed by atoms with E-state index in [0.29, 0.717) is 0 Å². The van der Waals surface area contributed by atoms with Crippen LogP contribution in [0.25, 0.3) is 43.3 Å². The molecule has 2 aromatic heterocycles. The Morgan fingerprint density at radius 2 is 0.787 bits per heavy atom. The summed E-state index contributed by atoms with van der Waals surface area (Å²) >= 11 is 0. The quantitative estimate of drug-likeness (QED) is 0.179. The number of allylic oxidation sites excluding steroid dienone is 2. The maximum atomic E-state index is 5.50. The second-order valence-electron chi connectivity index (χ2n) is 13.4. The maximum absolute atomic E-state index is 5.50. The van der Waals surface area contributed by atoms with Gasteiger partial charge in [0.2, 0.25) is 0 Å². The summed E-state index contributed by atoms with van der Waals surface area (Å²) in [5, 5.41) is 6.17. The number of hydrogen-bond acceptors (Lipinski definition) is 2. The van der Waals surface area contributed by atoms with Gasteiger partial charge in [0, 0.05) is 10.8 Å². The second kappa shape index (κ2) is 11.4. The zero-order valence-electron chi connectivity index (χ0n) is 27.0. The predicted molar refractivity (Wildman–Crippen MR) is 202 cm³/mol. The van der Waals surface area contributed by atoms with Crippen LogP contribution in [-0.4, -0.2) is 18.0 Å². The van der Waals surface area contributed by atoms with Gasteiger partial charge >= 0.3 is 0 Å². The molecule has 226 valence electrons. The third-order valence-corrected chi connectivity index (χ3v) is 15.6. The fourth-order valence-electron chi connectivity index (χ4n) is 7.75. The summed E-state index contributed by atoms with van der Waals surface area (Å²) in [4.78, 5) is 11.0. The summed E-state index contributed by atoms with van der Waals surface area (Å²) in [6.45, 7) is 7.31. The van der Waals surface area contributed by atoms with Crippen LogP contribution in [0, 0.1) is 0 Å². The van der Waals surface area contributed by atoms with E-state index in [4.69, 9.17) is 9.97 Å². The van der Waals surface area contributed by atoms with Gasteiger partial charge in [-0.05, 0) is 67.2 Å². The Kier molecular flexibility index (Phi) is 7.08. The van der Waals surface area contributed by atoms with E-state index in [1.165, 1.54) is 37.9 Å². The number of nitrogens with zero attached hydrogens (tertiary/aromatic N) is 2. The summed E-state index contributed by atoms with van der Waals surface area (Å²) < 4.78 is 0. The number of pyridine rings is 2. The highest BCUT2D eigenvalue weighted by molar-refractivity contribution is 7.23. The average Bonchev–Trinajstić information content (AvgIpc) is 3.46. The molecule has 0 saturated heterocycles. The molecular weight excluding hydrogens is 585 g/mol. The minimum absolute atomic E-state index is 0.170. The Hall–Kier alpha value is -5.38. The Bertz CT molecular complexity index is 2180. The number of rotatable bonds is 5. The van der Waals surface area contributed by atoms with Crippen LogP contribution in [0.15, 0.2) is 164 Å². The molecule has 1 aliphatic rings. The highest BCUT2D eigenvalue weighted by atomic mass is 28.3. The molecule has 3 heteroatoms. The molecule has 5 aromatic carbocycles. The lowest BCUT2D eigenvalue weighted by molar-refractivity contribution is 0.741. The molecule has 0 N–H and O–H groups in total. The fraction of sp³-hybridized carbons (Fsp3) is 0.0909. The van der Waals surface area contributed by atoms with E-state index in [1.54, 1.807) is 0 Å². The van der Waals surface area contributed by atoms with E-state index in [2.05, 4.69) is 185 Å². The van der Waals surface area contributed by atoms with Gasteiger partial charge in [0.15, 0.2) is 8.07 Å². The molecule has 0 spiro atoms. The summed E-state index contributed by atoms with van der Waals surface area (Å²) in [6, 6.07) is 59.1. The first-order valence-electron chi connectivity index (χ1n) is 16.4. The van der Waals surface area contributed by atoms with Gasteiger partial charge in [0.05, 0.1) is 22.4 Å². The highest BCUT2D eigenvalue weighted by Crippen LogP contribution is 2.62. The van der Waals surface area contributed by atoms with Crippen LogP contribution in [0.1, 0.15) is 43.3 Å². The first-order valence-corrected chi connectivity index (χ1v) is 18.4. The van der Waals surface area contributed by atoms with Gasteiger partial charge in [-0.2, -0.15) is 0 Å². The second-order valence-corrected chi connectivity index (χ2v) is 18.0. The molecule has 8 rings (SSSR count). The van der Waals surface area contributed by atoms with Crippen molar-refractivity contribution in [3.63, 3.8) is 0 Å². The van der Waals surface area contributed by atoms with Crippen LogP contribution < -0.4 is 5.19 Å². The van der Waals surface area contributed by atoms with Gasteiger partial charge in [-0.1, -0.05) is 160 Å². The number of fused-ring (bicyclic) bond motifs is 2. The van der Waals surface area contributed by atoms with Crippen molar-refractivity contribution in [3.8, 4) is 0 Å². The van der Waals surface area contributed by atoms with Gasteiger partial charge < -0.3 is 0 Å². The molecule has 0 atom stereocenters. The van der Waals surface area contributed by atoms with Crippen molar-refractivity contribution in [2.75, 3.05) is 0 Å². The van der Waals surface area contributed by atoms with Crippen molar-refractivity contribution < 1.29 is 0 Å². The fourth-order valence-corrected chi connectivity index (χ4v) is 14.0. The zero-order valence-corrected chi connectivity index (χ0v) is 28.0. The minimum Gasteiger partial charge on any atom is -0.248 e. The Labute approximate surface area is 277 Å². The molecule has 0 saturated carbocycles. The van der Waals surface area contributed by atoms with Crippen molar-refractivity contribution in [1.82, 2.24) is 9.97 Å². The van der Waals surface area contributed by atoms with Crippen LogP contribution in [0.4, 0.5) is 0 Å². The van der Waals surface area contributed by atoms with Gasteiger partial charge in [-0.15, -0.1) is 0 Å². The summed E-state index contributed by atoms with van der Waals surface area (Å²) in [6.07, 6.45) is 0. The summed E-state index contributed by atoms with van der Waals surface area (Å²) in [5.41, 5.74) is 9.01. The third-order valence-electron chi connectivity index (χ3n) is 9.67. The monoisotopic (exact) mass is 620 g/mol. The van der Waals surface area contributed by atoms with Gasteiger partial charge in [0.1, 0.15) is 0 Å². The van der Waals surface area contributed by atoms with Crippen molar-refractivity contribution >= 4 is 56.6 Å². The molecule has 0 unspecified atom stereocenters. The maximum Gasteiger partial charge on any atom is 0.160 e. The Balaban J connectivity index is 1.62. The molecule has 0 bridgehead atoms. The molecular formula is C44H36N2Si. The van der Waals surface area contributed by atoms with E-state index in [-0.39, 0.29) is 5.04 Å². The number of hydrogen-bond donors (Lipinski definition) is 0. The van der Waals surface area contributed by atoms with E-state index in [1.807, 2.05) is 0 Å². The van der Waals surface area contributed by atoms with Crippen molar-refractivity contribution in [1.29, 1.82) is 0 Å². The van der Waals surface area contributed by atoms with E-state index in [9.17, 15) is 0 Å². The molecule has 0 amide bonds. The van der Waals surface area contributed by atoms with Crippen LogP contribution in [0.5, 0.6) is 0 Å². The van der Waals surface area contributed by atoms with Crippen molar-refractivity contribution in [2.45, 2.75) is 25.8 Å². The summed E-state index contributed by atoms with van der Waals surface area (Å²) in [7, 11) is -2.98. The number of benzene rings is 5. The summed E-state index contributed by atoms with van der Waals surface area (Å²) in [5.74, 6) is 0. The molecule has 3 heterocycles. The molecule has 0 fully saturated rings. The number of para-hydroxylation sites is 2. The molecule has 0 aliphatic carbocycles. The van der Waals surface area contributed by atoms with E-state index < -0.39 is 8.07 Å². The highest BCUT2D eigenvalue weighted by Gasteiger charge is 2.59. The number of aromatic nitrogens is 2. The van der Waals surface area contributed by atoms with E-state index in [0.717, 1.165) is 33.2 Å². The largest absolute Gasteiger partial charge is 0.248 e. The molecule has 47 heavy (non-hydrogen) atoms. The van der Waals surface area contributed by atoms with Crippen LogP contribution in [0.3, 0.4) is 0 Å². The van der Waals surface area contributed by atoms with Crippen LogP contribution in [-0.2, 0) is 0 Å². The first kappa shape index (κ1) is 29.0. The zero-order chi connectivity index (χ0) is 32.0. The average molecular weight is 621 g/mol. The molecule has 7 aromatic rings. The standard InChI is InChI=1S/C44H36N2Si/c1-44(2,3)47(35-23-11-6-12-24-35)42(38-29-27-31-17-13-15-25-36(31)45-38)40(33-19-7-4-8-20-33)41(34-21-9-5-10-22-34)43(47)39-30-28-32-18-14-16-26-37(32)46-39/h4-30H,1-3H3. The molecule has 0 radical (unpaired) electrons. The molecule has 1 aliphatic heterocycles. The van der Waals surface area contributed by atoms with Crippen molar-refractivity contribution in [3.05, 3.63) is 186 Å². The lowest BCUT2D eigenvalue weighted by Gasteiger charge is -2.45. The smallest absolute Gasteiger partial charge is 0.160 e. The topological polar surface area (TPSA) is 25.8 Å². The van der Waals surface area contributed by atoms with E-state index >= 15 is 0 Å². The lowest BCUT2D eigenvalue weighted by atomic mass is 9.90. The van der Waals surface area contributed by atoms with Gasteiger partial charge in [-0.3, -0.25) is 0 Å². The van der Waals surface area contributed by atoms with Gasteiger partial charge in [-0.25, -0.2) is 9.97 Å². The normalized spacial score (nSPS) is 14.7. The minimum atomic E-state index is -2.98. The van der Waals surface area contributed by atoms with Gasteiger partial charge in [0.25, 0.3) is 0 Å². The van der Waals surface area contributed by atoms with Crippen LogP contribution in [0.2, 0.25) is 5.04 Å². The Morgan fingerprint density at radius 1 is 0.404 bits per heavy atom. The van der Waals surface area contributed by atoms with Crippen LogP contribution >= 0.6 is 0 Å². The van der Waals surface area contributed by atoms with Crippen molar-refractivity contribution in [2.24, 2.45) is 0 Å². The first-order chi connectivity index (χ1) is 23.0. The molecule has 2 nitrogen and oxygen atoms in total.